The number of hydrogen-bond acceptors (Lipinski definition) is 7. The molecule has 1 aromatic heterocycles. The molecule has 9 heteroatoms. The van der Waals surface area contributed by atoms with Crippen molar-refractivity contribution in [1.82, 2.24) is 9.97 Å². The van der Waals surface area contributed by atoms with Crippen molar-refractivity contribution in [3.63, 3.8) is 0 Å². The number of esters is 1. The summed E-state index contributed by atoms with van der Waals surface area (Å²) in [6, 6.07) is 7.12. The lowest BCUT2D eigenvalue weighted by atomic mass is 10.1. The van der Waals surface area contributed by atoms with Gasteiger partial charge < -0.3 is 14.2 Å². The van der Waals surface area contributed by atoms with Gasteiger partial charge in [0.15, 0.2) is 0 Å². The van der Waals surface area contributed by atoms with E-state index in [1.54, 1.807) is 18.2 Å². The molecule has 2 rings (SSSR count). The number of nitrogens with zero attached hydrogens (tertiary/aromatic N) is 2. The largest absolute Gasteiger partial charge is 0.402 e. The van der Waals surface area contributed by atoms with Gasteiger partial charge in [-0.3, -0.25) is 9.32 Å². The van der Waals surface area contributed by atoms with Gasteiger partial charge >= 0.3 is 12.7 Å². The molecule has 0 amide bonds. The van der Waals surface area contributed by atoms with Crippen molar-refractivity contribution in [2.75, 3.05) is 6.61 Å². The van der Waals surface area contributed by atoms with Gasteiger partial charge in [-0.15, -0.1) is 0 Å². The normalized spacial score (nSPS) is 12.1. The van der Waals surface area contributed by atoms with E-state index in [9.17, 15) is 9.69 Å². The monoisotopic (exact) mass is 821 g/mol. The zero-order chi connectivity index (χ0) is 41.4. The van der Waals surface area contributed by atoms with E-state index in [4.69, 9.17) is 25.6 Å². The fourth-order valence-corrected chi connectivity index (χ4v) is 7.22. The molecule has 0 aliphatic carbocycles. The van der Waals surface area contributed by atoms with E-state index in [-0.39, 0.29) is 18.2 Å². The van der Waals surface area contributed by atoms with Gasteiger partial charge in [0.1, 0.15) is 0 Å². The first-order valence-electron chi connectivity index (χ1n) is 23.1. The number of unbranched alkanes of at least 4 members (excludes halogenated alkanes) is 23. The average molecular weight is 821 g/mol. The number of carbonyl (C=O) groups is 1. The second-order valence-electron chi connectivity index (χ2n) is 15.0. The lowest BCUT2D eigenvalue weighted by Gasteiger charge is -2.17. The molecule has 1 unspecified atom stereocenters. The minimum atomic E-state index is -3.62. The SMILES string of the molecule is CC/C=C/CCCCC(=O)Oc1nc2ccccc2nc1OP(O)(=S)OCCCCCCC.CCCCCCCCCCC.CCCCCCCCCCCC. The molecule has 0 spiro atoms. The minimum Gasteiger partial charge on any atom is -0.402 e. The molecule has 324 valence electrons. The van der Waals surface area contributed by atoms with E-state index in [1.807, 2.05) is 6.07 Å². The van der Waals surface area contributed by atoms with Crippen LogP contribution in [0.5, 0.6) is 11.8 Å². The predicted molar refractivity (Wildman–Crippen MR) is 245 cm³/mol. The Bertz CT molecular complexity index is 1240. The molecule has 1 heterocycles. The number of para-hydroxylation sites is 2. The first-order valence-corrected chi connectivity index (χ1v) is 25.7. The highest BCUT2D eigenvalue weighted by atomic mass is 32.5. The number of carbonyl (C=O) groups excluding carboxylic acids is 1. The van der Waals surface area contributed by atoms with Gasteiger partial charge in [-0.05, 0) is 44.2 Å². The van der Waals surface area contributed by atoms with Gasteiger partial charge in [0.25, 0.3) is 11.8 Å². The third-order valence-electron chi connectivity index (χ3n) is 9.49. The summed E-state index contributed by atoms with van der Waals surface area (Å²) in [5.41, 5.74) is 1.07. The minimum absolute atomic E-state index is 0.112. The number of fused-ring (bicyclic) bond motifs is 1. The van der Waals surface area contributed by atoms with Gasteiger partial charge in [0.2, 0.25) is 0 Å². The average Bonchev–Trinajstić information content (AvgIpc) is 3.19. The summed E-state index contributed by atoms with van der Waals surface area (Å²) in [6.07, 6.45) is 40.6. The van der Waals surface area contributed by atoms with Crippen LogP contribution in [0.2, 0.25) is 0 Å². The molecular weight excluding hydrogens is 736 g/mol. The third-order valence-corrected chi connectivity index (χ3v) is 10.9. The molecule has 0 aliphatic rings. The van der Waals surface area contributed by atoms with Crippen LogP contribution in [0.15, 0.2) is 36.4 Å². The summed E-state index contributed by atoms with van der Waals surface area (Å²) in [5, 5.41) is 0. The molecule has 0 radical (unpaired) electrons. The van der Waals surface area contributed by atoms with Crippen LogP contribution in [-0.2, 0) is 21.1 Å². The maximum absolute atomic E-state index is 12.4. The zero-order valence-corrected chi connectivity index (χ0v) is 38.7. The van der Waals surface area contributed by atoms with E-state index in [2.05, 4.69) is 63.7 Å². The highest BCUT2D eigenvalue weighted by molar-refractivity contribution is 8.07. The van der Waals surface area contributed by atoms with Gasteiger partial charge in [-0.1, -0.05) is 214 Å². The molecule has 0 aliphatic heterocycles. The maximum atomic E-state index is 12.4. The Labute approximate surface area is 350 Å². The number of ether oxygens (including phenoxy) is 1. The first-order chi connectivity index (χ1) is 27.3. The fourth-order valence-electron chi connectivity index (χ4n) is 6.03. The Hall–Kier alpha value is -1.86. The Balaban J connectivity index is 0.00000107. The van der Waals surface area contributed by atoms with Crippen molar-refractivity contribution in [2.45, 2.75) is 228 Å². The van der Waals surface area contributed by atoms with E-state index >= 15 is 0 Å². The van der Waals surface area contributed by atoms with E-state index in [0.717, 1.165) is 44.9 Å². The Morgan fingerprint density at radius 2 is 1.00 bits per heavy atom. The summed E-state index contributed by atoms with van der Waals surface area (Å²) < 4.78 is 16.4. The molecule has 1 aromatic carbocycles. The van der Waals surface area contributed by atoms with Gasteiger partial charge in [-0.2, -0.15) is 0 Å². The second-order valence-corrected chi connectivity index (χ2v) is 17.8. The predicted octanol–water partition coefficient (Wildman–Crippen LogP) is 16.1. The Morgan fingerprint density at radius 1 is 0.589 bits per heavy atom. The van der Waals surface area contributed by atoms with Crippen molar-refractivity contribution < 1.29 is 23.5 Å². The van der Waals surface area contributed by atoms with Crippen molar-refractivity contribution in [3.05, 3.63) is 36.4 Å². The zero-order valence-electron chi connectivity index (χ0n) is 37.0. The van der Waals surface area contributed by atoms with Crippen LogP contribution in [0, 0.1) is 0 Å². The highest BCUT2D eigenvalue weighted by Gasteiger charge is 2.24. The smallest absolute Gasteiger partial charge is 0.379 e. The van der Waals surface area contributed by atoms with Crippen molar-refractivity contribution in [1.29, 1.82) is 0 Å². The molecule has 1 N–H and O–H groups in total. The second kappa shape index (κ2) is 39.9. The molecule has 56 heavy (non-hydrogen) atoms. The number of benzene rings is 1. The van der Waals surface area contributed by atoms with Crippen LogP contribution >= 0.6 is 6.72 Å². The summed E-state index contributed by atoms with van der Waals surface area (Å²) in [5.74, 6) is -0.684. The van der Waals surface area contributed by atoms with Crippen molar-refractivity contribution in [3.8, 4) is 11.8 Å². The number of hydrogen-bond donors (Lipinski definition) is 1. The molecule has 0 fully saturated rings. The lowest BCUT2D eigenvalue weighted by molar-refractivity contribution is -0.134. The number of allylic oxidation sites excluding steroid dienone is 2. The Kier molecular flexibility index (Phi) is 38.6. The first kappa shape index (κ1) is 54.1. The molecule has 2 aromatic rings. The van der Waals surface area contributed by atoms with Crippen LogP contribution in [0.25, 0.3) is 11.0 Å². The molecular formula is C47H85N2O5PS. The van der Waals surface area contributed by atoms with Crippen molar-refractivity contribution in [2.24, 2.45) is 0 Å². The number of rotatable bonds is 33. The van der Waals surface area contributed by atoms with Gasteiger partial charge in [0, 0.05) is 18.2 Å². The third kappa shape index (κ3) is 33.1. The van der Waals surface area contributed by atoms with Gasteiger partial charge in [-0.25, -0.2) is 9.97 Å². The topological polar surface area (TPSA) is 90.8 Å². The quantitative estimate of drug-likeness (QED) is 0.0329. The highest BCUT2D eigenvalue weighted by Crippen LogP contribution is 2.46. The maximum Gasteiger partial charge on any atom is 0.379 e. The Morgan fingerprint density at radius 3 is 1.43 bits per heavy atom. The fraction of sp³-hybridized carbons (Fsp3) is 0.766. The summed E-state index contributed by atoms with van der Waals surface area (Å²) in [7, 11) is 0. The lowest BCUT2D eigenvalue weighted by Crippen LogP contribution is -2.11. The molecule has 7 nitrogen and oxygen atoms in total. The number of aromatic nitrogens is 2. The van der Waals surface area contributed by atoms with Gasteiger partial charge in [0.05, 0.1) is 17.6 Å². The van der Waals surface area contributed by atoms with Crippen LogP contribution < -0.4 is 9.26 Å². The standard InChI is InChI=1S/C24H35N2O5PS.C12H26.C11H24/c1-3-5-7-9-10-12-18-22(27)30-23-24(26-21-17-14-13-16-20(21)25-23)31-32(28,33)29-19-15-11-8-6-4-2;1-3-5-7-9-11-12-10-8-6-4-2;1-3-5-7-9-11-10-8-6-4-2/h5,7,13-14,16-17H,3-4,6,8-12,15,18-19H2,1-2H3,(H,28,33);3-12H2,1-2H3;3-11H2,1-2H3/b7-5+;;. The summed E-state index contributed by atoms with van der Waals surface area (Å²) in [4.78, 5) is 31.6. The summed E-state index contributed by atoms with van der Waals surface area (Å²) in [6.45, 7) is 10.0. The molecule has 0 saturated heterocycles. The summed E-state index contributed by atoms with van der Waals surface area (Å²) >= 11 is 5.15. The van der Waals surface area contributed by atoms with E-state index in [0.29, 0.717) is 24.1 Å². The van der Waals surface area contributed by atoms with E-state index < -0.39 is 12.7 Å². The molecule has 0 saturated carbocycles. The molecule has 1 atom stereocenters. The molecule has 0 bridgehead atoms. The van der Waals surface area contributed by atoms with Crippen LogP contribution in [-0.4, -0.2) is 27.4 Å². The van der Waals surface area contributed by atoms with Crippen LogP contribution in [0.3, 0.4) is 0 Å². The van der Waals surface area contributed by atoms with E-state index in [1.165, 1.54) is 128 Å². The van der Waals surface area contributed by atoms with Crippen LogP contribution in [0.1, 0.15) is 228 Å². The van der Waals surface area contributed by atoms with Crippen molar-refractivity contribution >= 4 is 35.5 Å². The van der Waals surface area contributed by atoms with Crippen LogP contribution in [0.4, 0.5) is 0 Å².